The molecule has 0 atom stereocenters. The summed E-state index contributed by atoms with van der Waals surface area (Å²) in [4.78, 5) is 14.3. The van der Waals surface area contributed by atoms with E-state index in [4.69, 9.17) is 4.98 Å². The predicted octanol–water partition coefficient (Wildman–Crippen LogP) is 3.05. The van der Waals surface area contributed by atoms with Gasteiger partial charge in [-0.25, -0.2) is 15.0 Å². The molecule has 2 rings (SSSR count). The Morgan fingerprint density at radius 2 is 2.21 bits per heavy atom. The second-order valence-corrected chi connectivity index (χ2v) is 5.85. The quantitative estimate of drug-likeness (QED) is 0.881. The largest absolute Gasteiger partial charge is 0.310 e. The summed E-state index contributed by atoms with van der Waals surface area (Å²) in [5.74, 6) is 0. The van der Waals surface area contributed by atoms with Crippen molar-refractivity contribution >= 4 is 11.3 Å². The second-order valence-electron chi connectivity index (χ2n) is 4.77. The normalized spacial score (nSPS) is 11.2. The van der Waals surface area contributed by atoms with Gasteiger partial charge in [-0.15, -0.1) is 11.3 Å². The molecule has 0 saturated carbocycles. The lowest BCUT2D eigenvalue weighted by Gasteiger charge is -2.07. The van der Waals surface area contributed by atoms with E-state index in [0.717, 1.165) is 30.1 Å². The van der Waals surface area contributed by atoms with Crippen LogP contribution in [0.4, 0.5) is 0 Å². The molecule has 5 heteroatoms. The Bertz CT molecular complexity index is 507. The molecule has 0 unspecified atom stereocenters. The number of rotatable bonds is 6. The molecule has 2 aromatic heterocycles. The minimum atomic E-state index is 0.485. The zero-order chi connectivity index (χ0) is 13.7. The van der Waals surface area contributed by atoms with Gasteiger partial charge in [-0.05, 0) is 12.5 Å². The van der Waals surface area contributed by atoms with Crippen LogP contribution in [0.25, 0.3) is 10.7 Å². The number of thiazole rings is 1. The molecule has 0 amide bonds. The van der Waals surface area contributed by atoms with Crippen molar-refractivity contribution in [3.05, 3.63) is 29.2 Å². The third-order valence-electron chi connectivity index (χ3n) is 2.74. The fourth-order valence-corrected chi connectivity index (χ4v) is 2.81. The summed E-state index contributed by atoms with van der Waals surface area (Å²) in [5, 5.41) is 4.46. The van der Waals surface area contributed by atoms with Crippen molar-refractivity contribution < 1.29 is 0 Å². The Hall–Kier alpha value is -1.33. The molecule has 1 N–H and O–H groups in total. The lowest BCUT2D eigenvalue weighted by molar-refractivity contribution is 0.589. The van der Waals surface area contributed by atoms with Crippen molar-refractivity contribution in [1.82, 2.24) is 20.3 Å². The van der Waals surface area contributed by atoms with Gasteiger partial charge in [-0.3, -0.25) is 0 Å². The molecule has 102 valence electrons. The number of hydrogen-bond donors (Lipinski definition) is 1. The van der Waals surface area contributed by atoms with Crippen molar-refractivity contribution in [1.29, 1.82) is 0 Å². The van der Waals surface area contributed by atoms with Gasteiger partial charge in [0.15, 0.2) is 0 Å². The fourth-order valence-electron chi connectivity index (χ4n) is 1.78. The molecule has 2 aromatic rings. The minimum absolute atomic E-state index is 0.485. The van der Waals surface area contributed by atoms with Gasteiger partial charge in [0.1, 0.15) is 17.0 Å². The van der Waals surface area contributed by atoms with E-state index in [1.807, 2.05) is 6.07 Å². The smallest absolute Gasteiger partial charge is 0.142 e. The van der Waals surface area contributed by atoms with Gasteiger partial charge in [-0.1, -0.05) is 27.2 Å². The first-order chi connectivity index (χ1) is 9.20. The zero-order valence-corrected chi connectivity index (χ0v) is 12.5. The summed E-state index contributed by atoms with van der Waals surface area (Å²) in [6.07, 6.45) is 5.47. The van der Waals surface area contributed by atoms with Crippen LogP contribution in [0.3, 0.4) is 0 Å². The summed E-state index contributed by atoms with van der Waals surface area (Å²) in [6, 6.07) is 2.40. The van der Waals surface area contributed by atoms with Crippen LogP contribution in [-0.4, -0.2) is 21.0 Å². The van der Waals surface area contributed by atoms with E-state index in [0.29, 0.717) is 6.04 Å². The predicted molar refractivity (Wildman–Crippen MR) is 79.1 cm³/mol. The molecule has 0 aliphatic rings. The number of nitrogens with zero attached hydrogens (tertiary/aromatic N) is 3. The van der Waals surface area contributed by atoms with Crippen LogP contribution >= 0.6 is 11.3 Å². The Balaban J connectivity index is 2.24. The molecule has 0 spiro atoms. The molecular weight excluding hydrogens is 256 g/mol. The molecule has 4 nitrogen and oxygen atoms in total. The van der Waals surface area contributed by atoms with Gasteiger partial charge < -0.3 is 5.32 Å². The first-order valence-electron chi connectivity index (χ1n) is 6.69. The van der Waals surface area contributed by atoms with Gasteiger partial charge in [0.05, 0.1) is 5.69 Å². The van der Waals surface area contributed by atoms with Crippen LogP contribution in [0.15, 0.2) is 18.6 Å². The van der Waals surface area contributed by atoms with Crippen LogP contribution < -0.4 is 5.32 Å². The summed E-state index contributed by atoms with van der Waals surface area (Å²) < 4.78 is 0. The summed E-state index contributed by atoms with van der Waals surface area (Å²) in [6.45, 7) is 7.39. The average molecular weight is 276 g/mol. The molecule has 0 fully saturated rings. The van der Waals surface area contributed by atoms with E-state index in [1.165, 1.54) is 10.6 Å². The van der Waals surface area contributed by atoms with E-state index in [9.17, 15) is 0 Å². The van der Waals surface area contributed by atoms with E-state index in [1.54, 1.807) is 23.9 Å². The fraction of sp³-hybridized carbons (Fsp3) is 0.500. The van der Waals surface area contributed by atoms with Gasteiger partial charge in [0.2, 0.25) is 0 Å². The monoisotopic (exact) mass is 276 g/mol. The molecule has 19 heavy (non-hydrogen) atoms. The summed E-state index contributed by atoms with van der Waals surface area (Å²) in [5.41, 5.74) is 2.11. The second kappa shape index (κ2) is 6.73. The lowest BCUT2D eigenvalue weighted by Crippen LogP contribution is -2.21. The molecule has 0 aromatic carbocycles. The number of nitrogens with one attached hydrogen (secondary N) is 1. The van der Waals surface area contributed by atoms with Gasteiger partial charge in [0.25, 0.3) is 0 Å². The Morgan fingerprint density at radius 3 is 2.84 bits per heavy atom. The highest BCUT2D eigenvalue weighted by Crippen LogP contribution is 2.27. The van der Waals surface area contributed by atoms with Gasteiger partial charge in [-0.2, -0.15) is 0 Å². The topological polar surface area (TPSA) is 50.7 Å². The Labute approximate surface area is 118 Å². The first kappa shape index (κ1) is 14.1. The van der Waals surface area contributed by atoms with Crippen LogP contribution in [0, 0.1) is 0 Å². The number of hydrogen-bond acceptors (Lipinski definition) is 5. The van der Waals surface area contributed by atoms with Crippen LogP contribution in [0.5, 0.6) is 0 Å². The highest BCUT2D eigenvalue weighted by atomic mass is 32.1. The molecule has 2 heterocycles. The molecule has 0 bridgehead atoms. The van der Waals surface area contributed by atoms with Crippen molar-refractivity contribution in [2.24, 2.45) is 0 Å². The Kier molecular flexibility index (Phi) is 4.99. The van der Waals surface area contributed by atoms with Crippen LogP contribution in [0.2, 0.25) is 0 Å². The van der Waals surface area contributed by atoms with E-state index >= 15 is 0 Å². The summed E-state index contributed by atoms with van der Waals surface area (Å²) >= 11 is 1.73. The third-order valence-corrected chi connectivity index (χ3v) is 3.86. The minimum Gasteiger partial charge on any atom is -0.310 e. The third kappa shape index (κ3) is 3.81. The van der Waals surface area contributed by atoms with Crippen molar-refractivity contribution in [3.63, 3.8) is 0 Å². The molecule has 0 aliphatic carbocycles. The van der Waals surface area contributed by atoms with Crippen molar-refractivity contribution in [2.75, 3.05) is 0 Å². The molecule has 0 radical (unpaired) electrons. The number of aryl methyl sites for hydroxylation is 1. The standard InChI is InChI=1S/C14H20N4S/c1-4-5-11-13(8-16-10(2)3)19-14(18-11)12-6-7-15-9-17-12/h6-7,9-10,16H,4-5,8H2,1-3H3. The Morgan fingerprint density at radius 1 is 1.37 bits per heavy atom. The van der Waals surface area contributed by atoms with Gasteiger partial charge in [0, 0.05) is 23.7 Å². The molecular formula is C14H20N4S. The maximum absolute atomic E-state index is 4.74. The van der Waals surface area contributed by atoms with Crippen LogP contribution in [-0.2, 0) is 13.0 Å². The lowest BCUT2D eigenvalue weighted by atomic mass is 10.2. The van der Waals surface area contributed by atoms with E-state index in [2.05, 4.69) is 36.1 Å². The number of aromatic nitrogens is 3. The maximum Gasteiger partial charge on any atom is 0.142 e. The van der Waals surface area contributed by atoms with E-state index < -0.39 is 0 Å². The molecule has 0 aliphatic heterocycles. The van der Waals surface area contributed by atoms with Crippen molar-refractivity contribution in [2.45, 2.75) is 46.2 Å². The highest BCUT2D eigenvalue weighted by molar-refractivity contribution is 7.15. The average Bonchev–Trinajstić information content (AvgIpc) is 2.81. The first-order valence-corrected chi connectivity index (χ1v) is 7.50. The van der Waals surface area contributed by atoms with E-state index in [-0.39, 0.29) is 0 Å². The highest BCUT2D eigenvalue weighted by Gasteiger charge is 2.12. The van der Waals surface area contributed by atoms with Crippen molar-refractivity contribution in [3.8, 4) is 10.7 Å². The SMILES string of the molecule is CCCc1nc(-c2ccncn2)sc1CNC(C)C. The van der Waals surface area contributed by atoms with Crippen LogP contribution in [0.1, 0.15) is 37.8 Å². The summed E-state index contributed by atoms with van der Waals surface area (Å²) in [7, 11) is 0. The maximum atomic E-state index is 4.74. The zero-order valence-electron chi connectivity index (χ0n) is 11.7. The molecule has 0 saturated heterocycles. The van der Waals surface area contributed by atoms with Gasteiger partial charge >= 0.3 is 0 Å².